The molecule has 47 heavy (non-hydrogen) atoms. The van der Waals surface area contributed by atoms with Crippen LogP contribution < -0.4 is 14.4 Å². The Balaban J connectivity index is 1.44. The van der Waals surface area contributed by atoms with E-state index in [1.807, 2.05) is 18.2 Å². The highest BCUT2D eigenvalue weighted by atomic mass is 35.5. The standard InChI is InChI=1S/C36H41ClFN3O5S/c1-23-6-5-15-36(43,31-20-39-16-14-32(31)38)30-12-9-27(30)21-41-17-4-3-7-25-18-29(37)11-8-28(25)22-46-34-13-10-26(19-33(34)41)35(42)40-47(44,45)24(23)2/h5,8,10-11,13-16,18-20,23-24,27,30,43H,3-4,6-7,9,12,17,21-22H2,1-2H3,(H,40,42)/b15-5+/t23-,24+,27-,30+,36-/m0/s1. The van der Waals surface area contributed by atoms with Crippen LogP contribution in [-0.2, 0) is 28.7 Å². The van der Waals surface area contributed by atoms with Crippen molar-refractivity contribution < 1.29 is 27.4 Å². The third kappa shape index (κ3) is 6.91. The molecule has 2 aliphatic heterocycles. The molecule has 2 N–H and O–H groups in total. The molecule has 1 amide bonds. The summed E-state index contributed by atoms with van der Waals surface area (Å²) < 4.78 is 50.7. The van der Waals surface area contributed by atoms with Crippen LogP contribution in [0.1, 0.15) is 73.0 Å². The van der Waals surface area contributed by atoms with Crippen molar-refractivity contribution in [2.75, 3.05) is 18.0 Å². The van der Waals surface area contributed by atoms with Crippen molar-refractivity contribution in [3.05, 3.63) is 100 Å². The third-order valence-electron chi connectivity index (χ3n) is 10.3. The average Bonchev–Trinajstić information content (AvgIpc) is 3.05. The summed E-state index contributed by atoms with van der Waals surface area (Å²) in [6.45, 7) is 4.78. The monoisotopic (exact) mass is 681 g/mol. The van der Waals surface area contributed by atoms with E-state index in [2.05, 4.69) is 14.6 Å². The predicted octanol–water partition coefficient (Wildman–Crippen LogP) is 6.55. The maximum Gasteiger partial charge on any atom is 0.264 e. The molecule has 1 saturated carbocycles. The lowest BCUT2D eigenvalue weighted by molar-refractivity contribution is -0.0522. The van der Waals surface area contributed by atoms with Gasteiger partial charge in [0.15, 0.2) is 0 Å². The minimum Gasteiger partial charge on any atom is -0.487 e. The Morgan fingerprint density at radius 2 is 1.94 bits per heavy atom. The lowest BCUT2D eigenvalue weighted by atomic mass is 9.62. The van der Waals surface area contributed by atoms with E-state index in [0.29, 0.717) is 49.0 Å². The van der Waals surface area contributed by atoms with Crippen LogP contribution in [0, 0.1) is 23.6 Å². The molecular formula is C36H41ClFN3O5S. The van der Waals surface area contributed by atoms with Gasteiger partial charge in [-0.05, 0) is 105 Å². The van der Waals surface area contributed by atoms with Gasteiger partial charge in [-0.2, -0.15) is 0 Å². The highest BCUT2D eigenvalue weighted by Crippen LogP contribution is 2.49. The summed E-state index contributed by atoms with van der Waals surface area (Å²) in [4.78, 5) is 19.7. The van der Waals surface area contributed by atoms with E-state index >= 15 is 4.39 Å². The van der Waals surface area contributed by atoms with Gasteiger partial charge in [-0.3, -0.25) is 9.78 Å². The molecule has 3 aliphatic rings. The van der Waals surface area contributed by atoms with Crippen molar-refractivity contribution in [2.24, 2.45) is 17.8 Å². The SMILES string of the molecule is C[C@@H]1[C@@H](C)C/C=C/[C@@](O)(c2cnccc2F)[C@@H]2CC[C@H]2CN2CCCCc3cc(Cl)ccc3COc3ccc(cc32)C(=O)NS1(=O)=O. The van der Waals surface area contributed by atoms with Gasteiger partial charge in [0.25, 0.3) is 5.91 Å². The first kappa shape index (κ1) is 33.4. The molecule has 1 aliphatic carbocycles. The number of fused-ring (bicyclic) bond motifs is 3. The van der Waals surface area contributed by atoms with Crippen molar-refractivity contribution in [1.82, 2.24) is 9.71 Å². The number of carbonyl (C=O) groups is 1. The van der Waals surface area contributed by atoms with Gasteiger partial charge >= 0.3 is 0 Å². The summed E-state index contributed by atoms with van der Waals surface area (Å²) in [5, 5.41) is 12.1. The zero-order valence-electron chi connectivity index (χ0n) is 26.7. The number of aryl methyl sites for hydroxylation is 1. The minimum absolute atomic E-state index is 0.0136. The number of hydrogen-bond donors (Lipinski definition) is 2. The fourth-order valence-electron chi connectivity index (χ4n) is 7.06. The van der Waals surface area contributed by atoms with Crippen LogP contribution in [0.3, 0.4) is 0 Å². The van der Waals surface area contributed by atoms with Crippen molar-refractivity contribution >= 4 is 33.2 Å². The summed E-state index contributed by atoms with van der Waals surface area (Å²) >= 11 is 6.33. The summed E-state index contributed by atoms with van der Waals surface area (Å²) in [5.74, 6) is -1.43. The van der Waals surface area contributed by atoms with Gasteiger partial charge in [0.1, 0.15) is 23.8 Å². The van der Waals surface area contributed by atoms with Crippen LogP contribution in [-0.4, -0.2) is 42.8 Å². The van der Waals surface area contributed by atoms with Gasteiger partial charge < -0.3 is 14.7 Å². The van der Waals surface area contributed by atoms with Crippen LogP contribution in [0.5, 0.6) is 5.75 Å². The number of pyridine rings is 1. The van der Waals surface area contributed by atoms with E-state index in [1.165, 1.54) is 18.5 Å². The first-order chi connectivity index (χ1) is 22.5. The van der Waals surface area contributed by atoms with Gasteiger partial charge in [-0.15, -0.1) is 0 Å². The van der Waals surface area contributed by atoms with E-state index in [0.717, 1.165) is 36.8 Å². The van der Waals surface area contributed by atoms with Gasteiger partial charge in [0.05, 0.1) is 10.9 Å². The minimum atomic E-state index is -4.05. The quantitative estimate of drug-likeness (QED) is 0.280. The van der Waals surface area contributed by atoms with Gasteiger partial charge in [-0.25, -0.2) is 17.5 Å². The van der Waals surface area contributed by atoms with Crippen LogP contribution in [0.2, 0.25) is 5.02 Å². The number of hydrogen-bond acceptors (Lipinski definition) is 7. The molecule has 11 heteroatoms. The Hall–Kier alpha value is -3.47. The number of nitrogens with one attached hydrogen (secondary N) is 1. The predicted molar refractivity (Wildman–Crippen MR) is 180 cm³/mol. The van der Waals surface area contributed by atoms with Crippen molar-refractivity contribution in [1.29, 1.82) is 0 Å². The molecule has 3 aromatic rings. The number of halogens is 2. The molecule has 1 aromatic heterocycles. The number of amides is 1. The molecule has 0 spiro atoms. The molecule has 1 fully saturated rings. The Kier molecular flexibility index (Phi) is 9.65. The lowest BCUT2D eigenvalue weighted by Crippen LogP contribution is -2.49. The van der Waals surface area contributed by atoms with Crippen LogP contribution in [0.4, 0.5) is 10.1 Å². The first-order valence-corrected chi connectivity index (χ1v) is 18.2. The molecule has 250 valence electrons. The molecule has 2 aromatic carbocycles. The number of allylic oxidation sites excluding steroid dienone is 1. The molecule has 0 radical (unpaired) electrons. The number of rotatable bonds is 1. The number of ether oxygens (including phenoxy) is 1. The van der Waals surface area contributed by atoms with E-state index in [-0.39, 0.29) is 23.0 Å². The maximum atomic E-state index is 15.3. The topological polar surface area (TPSA) is 109 Å². The van der Waals surface area contributed by atoms with Gasteiger partial charge in [0, 0.05) is 47.6 Å². The zero-order chi connectivity index (χ0) is 33.3. The summed E-state index contributed by atoms with van der Waals surface area (Å²) in [7, 11) is -4.05. The highest BCUT2D eigenvalue weighted by molar-refractivity contribution is 7.90. The fraction of sp³-hybridized carbons (Fsp3) is 0.444. The summed E-state index contributed by atoms with van der Waals surface area (Å²) in [6, 6.07) is 12.0. The van der Waals surface area contributed by atoms with E-state index in [9.17, 15) is 18.3 Å². The number of aliphatic hydroxyl groups is 1. The Bertz CT molecular complexity index is 1790. The van der Waals surface area contributed by atoms with Crippen LogP contribution in [0.15, 0.2) is 67.0 Å². The fourth-order valence-corrected chi connectivity index (χ4v) is 8.54. The van der Waals surface area contributed by atoms with Gasteiger partial charge in [-0.1, -0.05) is 36.7 Å². The lowest BCUT2D eigenvalue weighted by Gasteiger charge is -2.48. The van der Waals surface area contributed by atoms with Crippen LogP contribution in [0.25, 0.3) is 0 Å². The number of sulfonamides is 1. The van der Waals surface area contributed by atoms with E-state index in [1.54, 1.807) is 44.2 Å². The van der Waals surface area contributed by atoms with Crippen molar-refractivity contribution in [3.8, 4) is 5.75 Å². The van der Waals surface area contributed by atoms with Crippen molar-refractivity contribution in [3.63, 3.8) is 0 Å². The number of benzene rings is 2. The molecule has 0 unspecified atom stereocenters. The van der Waals surface area contributed by atoms with Gasteiger partial charge in [0.2, 0.25) is 10.0 Å². The van der Waals surface area contributed by atoms with E-state index in [4.69, 9.17) is 16.3 Å². The smallest absolute Gasteiger partial charge is 0.264 e. The number of nitrogens with zero attached hydrogens (tertiary/aromatic N) is 2. The summed E-state index contributed by atoms with van der Waals surface area (Å²) in [6.07, 6.45) is 10.4. The molecule has 8 nitrogen and oxygen atoms in total. The first-order valence-electron chi connectivity index (χ1n) is 16.3. The Morgan fingerprint density at radius 1 is 1.11 bits per heavy atom. The molecule has 2 bridgehead atoms. The number of carbonyl (C=O) groups excluding carboxylic acids is 1. The number of aromatic nitrogens is 1. The largest absolute Gasteiger partial charge is 0.487 e. The average molecular weight is 682 g/mol. The Labute approximate surface area is 281 Å². The Morgan fingerprint density at radius 3 is 2.70 bits per heavy atom. The zero-order valence-corrected chi connectivity index (χ0v) is 28.2. The second-order valence-corrected chi connectivity index (χ2v) is 15.7. The highest BCUT2D eigenvalue weighted by Gasteiger charge is 2.48. The van der Waals surface area contributed by atoms with Crippen molar-refractivity contribution in [2.45, 2.75) is 69.8 Å². The molecule has 0 saturated heterocycles. The molecule has 3 heterocycles. The second-order valence-electron chi connectivity index (χ2n) is 13.2. The van der Waals surface area contributed by atoms with E-state index < -0.39 is 38.5 Å². The molecule has 6 rings (SSSR count). The molecule has 5 atom stereocenters. The maximum absolute atomic E-state index is 15.3. The van der Waals surface area contributed by atoms with Crippen LogP contribution >= 0.6 is 11.6 Å². The summed E-state index contributed by atoms with van der Waals surface area (Å²) in [5.41, 5.74) is 1.47. The molecular weight excluding hydrogens is 641 g/mol. The second kappa shape index (κ2) is 13.6. The normalized spacial score (nSPS) is 28.7. The number of anilines is 1. The third-order valence-corrected chi connectivity index (χ3v) is 12.4.